The highest BCUT2D eigenvalue weighted by molar-refractivity contribution is 7.47. The molecule has 17 nitrogen and oxygen atoms in total. The van der Waals surface area contributed by atoms with Crippen molar-refractivity contribution in [1.29, 1.82) is 0 Å². The fraction of sp³-hybridized carbons (Fsp3) is 0.947. The van der Waals surface area contributed by atoms with E-state index in [4.69, 9.17) is 37.0 Å². The molecule has 0 heterocycles. The summed E-state index contributed by atoms with van der Waals surface area (Å²) in [6, 6.07) is 0. The van der Waals surface area contributed by atoms with E-state index >= 15 is 0 Å². The first kappa shape index (κ1) is 93.1. The lowest BCUT2D eigenvalue weighted by molar-refractivity contribution is -0.161. The first-order valence-electron chi connectivity index (χ1n) is 39.4. The van der Waals surface area contributed by atoms with Crippen LogP contribution in [-0.2, 0) is 65.4 Å². The predicted octanol–water partition coefficient (Wildman–Crippen LogP) is 22.2. The van der Waals surface area contributed by atoms with Crippen molar-refractivity contribution < 1.29 is 80.2 Å². The normalized spacial score (nSPS) is 14.4. The number of phosphoric acid groups is 2. The van der Waals surface area contributed by atoms with E-state index in [1.807, 2.05) is 0 Å². The van der Waals surface area contributed by atoms with Gasteiger partial charge in [0.1, 0.15) is 19.3 Å². The highest BCUT2D eigenvalue weighted by Crippen LogP contribution is 2.45. The number of carbonyl (C=O) groups excluding carboxylic acids is 4. The molecule has 3 N–H and O–H groups in total. The molecule has 0 spiro atoms. The topological polar surface area (TPSA) is 237 Å². The number of aliphatic hydroxyl groups excluding tert-OH is 1. The molecule has 0 rings (SSSR count). The molecule has 0 fully saturated rings. The molecule has 6 atom stereocenters. The number of rotatable bonds is 74. The zero-order valence-electron chi connectivity index (χ0n) is 62.1. The van der Waals surface area contributed by atoms with Gasteiger partial charge in [-0.05, 0) is 43.4 Å². The van der Waals surface area contributed by atoms with Gasteiger partial charge in [-0.1, -0.05) is 337 Å². The SMILES string of the molecule is CCCCCCCCCCCC(=O)OC[C@H](COP(=O)(O)OC[C@H](O)COP(=O)(O)OC[C@@H](COC(=O)CCCCCCCCCCCCCC(C)C)OC(=O)CCCCCCCCCCCCCCCCCC(C)C)OC(=O)CCCCCCCCCCCCC(C)CC. The standard InChI is InChI=1S/C76H148O17P2/c1-8-10-11-12-13-26-36-43-50-57-73(78)86-63-71(93-76(81)60-53-46-39-32-25-24-29-35-42-49-56-69(7)9-2)65-90-94(82,83)88-61-70(77)62-89-95(84,85)91-66-72(64-87-74(79)58-51-44-37-30-23-19-21-28-34-41-48-55-68(5)6)92-75(80)59-52-45-38-31-22-18-16-14-15-17-20-27-33-40-47-54-67(3)4/h67-72,77H,8-66H2,1-7H3,(H,82,83)(H,84,85)/t69?,70-,71+,72+/m0/s1. The zero-order valence-corrected chi connectivity index (χ0v) is 63.9. The molecule has 0 saturated heterocycles. The Labute approximate surface area is 581 Å². The molecule has 0 aromatic rings. The van der Waals surface area contributed by atoms with E-state index in [9.17, 15) is 43.2 Å². The summed E-state index contributed by atoms with van der Waals surface area (Å²) in [6.45, 7) is 11.9. The van der Waals surface area contributed by atoms with Crippen molar-refractivity contribution in [2.75, 3.05) is 39.6 Å². The van der Waals surface area contributed by atoms with Crippen LogP contribution in [0.15, 0.2) is 0 Å². The number of hydrogen-bond donors (Lipinski definition) is 3. The maximum Gasteiger partial charge on any atom is 0.472 e. The molecule has 0 saturated carbocycles. The number of esters is 4. The van der Waals surface area contributed by atoms with Crippen molar-refractivity contribution in [3.8, 4) is 0 Å². The van der Waals surface area contributed by atoms with Gasteiger partial charge in [-0.15, -0.1) is 0 Å². The Morgan fingerprint density at radius 2 is 0.537 bits per heavy atom. The third kappa shape index (κ3) is 69.0. The Morgan fingerprint density at radius 1 is 0.305 bits per heavy atom. The molecule has 3 unspecified atom stereocenters. The average Bonchev–Trinajstić information content (AvgIpc) is 3.73. The van der Waals surface area contributed by atoms with Crippen molar-refractivity contribution in [2.45, 2.75) is 407 Å². The predicted molar refractivity (Wildman–Crippen MR) is 386 cm³/mol. The number of aliphatic hydroxyl groups is 1. The van der Waals surface area contributed by atoms with E-state index in [1.54, 1.807) is 0 Å². The molecule has 0 aliphatic carbocycles. The number of unbranched alkanes of at least 4 members (excludes halogenated alkanes) is 41. The van der Waals surface area contributed by atoms with Crippen LogP contribution in [0.4, 0.5) is 0 Å². The van der Waals surface area contributed by atoms with Crippen molar-refractivity contribution in [3.63, 3.8) is 0 Å². The number of hydrogen-bond acceptors (Lipinski definition) is 15. The van der Waals surface area contributed by atoms with Crippen LogP contribution < -0.4 is 0 Å². The van der Waals surface area contributed by atoms with E-state index < -0.39 is 97.5 Å². The number of carbonyl (C=O) groups is 4. The highest BCUT2D eigenvalue weighted by atomic mass is 31.2. The van der Waals surface area contributed by atoms with Crippen LogP contribution >= 0.6 is 15.6 Å². The van der Waals surface area contributed by atoms with Crippen molar-refractivity contribution >= 4 is 39.5 Å². The smallest absolute Gasteiger partial charge is 0.462 e. The van der Waals surface area contributed by atoms with Gasteiger partial charge < -0.3 is 33.8 Å². The quantitative estimate of drug-likeness (QED) is 0.0222. The van der Waals surface area contributed by atoms with Gasteiger partial charge in [0.15, 0.2) is 12.2 Å². The van der Waals surface area contributed by atoms with E-state index in [2.05, 4.69) is 48.5 Å². The Hall–Kier alpha value is -1.94. The lowest BCUT2D eigenvalue weighted by Crippen LogP contribution is -2.30. The second kappa shape index (κ2) is 66.6. The summed E-state index contributed by atoms with van der Waals surface area (Å²) in [7, 11) is -9.91. The van der Waals surface area contributed by atoms with E-state index in [0.717, 1.165) is 108 Å². The molecular weight excluding hydrogens is 1250 g/mol. The van der Waals surface area contributed by atoms with Gasteiger partial charge in [0, 0.05) is 25.7 Å². The summed E-state index contributed by atoms with van der Waals surface area (Å²) in [4.78, 5) is 72.8. The molecule has 0 amide bonds. The molecule has 95 heavy (non-hydrogen) atoms. The Morgan fingerprint density at radius 3 is 0.800 bits per heavy atom. The van der Waals surface area contributed by atoms with Crippen molar-refractivity contribution in [3.05, 3.63) is 0 Å². The minimum Gasteiger partial charge on any atom is -0.462 e. The van der Waals surface area contributed by atoms with Gasteiger partial charge in [0.05, 0.1) is 26.4 Å². The third-order valence-electron chi connectivity index (χ3n) is 18.0. The van der Waals surface area contributed by atoms with Crippen molar-refractivity contribution in [1.82, 2.24) is 0 Å². The summed E-state index contributed by atoms with van der Waals surface area (Å²) in [5.74, 6) is 0.259. The molecule has 0 bridgehead atoms. The summed E-state index contributed by atoms with van der Waals surface area (Å²) in [6.07, 6.45) is 52.6. The molecule has 0 radical (unpaired) electrons. The van der Waals surface area contributed by atoms with Crippen LogP contribution in [0.5, 0.6) is 0 Å². The average molecular weight is 1400 g/mol. The largest absolute Gasteiger partial charge is 0.472 e. The van der Waals surface area contributed by atoms with Gasteiger partial charge >= 0.3 is 39.5 Å². The van der Waals surface area contributed by atoms with Crippen LogP contribution in [0.25, 0.3) is 0 Å². The molecule has 0 aliphatic heterocycles. The minimum atomic E-state index is -4.96. The first-order chi connectivity index (χ1) is 45.8. The lowest BCUT2D eigenvalue weighted by atomic mass is 9.99. The van der Waals surface area contributed by atoms with Gasteiger partial charge in [0.2, 0.25) is 0 Å². The minimum absolute atomic E-state index is 0.106. The van der Waals surface area contributed by atoms with Crippen LogP contribution in [0.1, 0.15) is 389 Å². The van der Waals surface area contributed by atoms with E-state index in [-0.39, 0.29) is 25.7 Å². The fourth-order valence-electron chi connectivity index (χ4n) is 11.6. The number of phosphoric ester groups is 2. The summed E-state index contributed by atoms with van der Waals surface area (Å²) >= 11 is 0. The van der Waals surface area contributed by atoms with Crippen LogP contribution in [-0.4, -0.2) is 96.7 Å². The molecular formula is C76H148O17P2. The molecule has 19 heteroatoms. The third-order valence-corrected chi connectivity index (χ3v) is 19.9. The molecule has 0 aromatic heterocycles. The summed E-state index contributed by atoms with van der Waals surface area (Å²) in [5, 5.41) is 10.6. The Balaban J connectivity index is 5.24. The maximum absolute atomic E-state index is 13.1. The Bertz CT molecular complexity index is 1850. The molecule has 0 aromatic carbocycles. The maximum atomic E-state index is 13.1. The molecule has 0 aliphatic rings. The monoisotopic (exact) mass is 1400 g/mol. The van der Waals surface area contributed by atoms with Gasteiger partial charge in [0.25, 0.3) is 0 Å². The summed E-state index contributed by atoms with van der Waals surface area (Å²) in [5.41, 5.74) is 0. The first-order valence-corrected chi connectivity index (χ1v) is 42.4. The van der Waals surface area contributed by atoms with Crippen molar-refractivity contribution in [2.24, 2.45) is 17.8 Å². The fourth-order valence-corrected chi connectivity index (χ4v) is 13.1. The van der Waals surface area contributed by atoms with Gasteiger partial charge in [-0.2, -0.15) is 0 Å². The van der Waals surface area contributed by atoms with Gasteiger partial charge in [-0.3, -0.25) is 37.3 Å². The second-order valence-corrected chi connectivity index (χ2v) is 31.5. The highest BCUT2D eigenvalue weighted by Gasteiger charge is 2.30. The summed E-state index contributed by atoms with van der Waals surface area (Å²) < 4.78 is 68.5. The number of ether oxygens (including phenoxy) is 4. The lowest BCUT2D eigenvalue weighted by Gasteiger charge is -2.21. The van der Waals surface area contributed by atoms with Crippen LogP contribution in [0.3, 0.4) is 0 Å². The second-order valence-electron chi connectivity index (χ2n) is 28.6. The van der Waals surface area contributed by atoms with Crippen LogP contribution in [0, 0.1) is 17.8 Å². The van der Waals surface area contributed by atoms with E-state index in [1.165, 1.54) is 199 Å². The van der Waals surface area contributed by atoms with Crippen LogP contribution in [0.2, 0.25) is 0 Å². The van der Waals surface area contributed by atoms with E-state index in [0.29, 0.717) is 25.7 Å². The molecule has 564 valence electrons. The zero-order chi connectivity index (χ0) is 70.1. The van der Waals surface area contributed by atoms with Gasteiger partial charge in [-0.25, -0.2) is 9.13 Å². The Kier molecular flexibility index (Phi) is 65.2.